The lowest BCUT2D eigenvalue weighted by atomic mass is 10.3. The largest absolute Gasteiger partial charge is 0.437 e. The summed E-state index contributed by atoms with van der Waals surface area (Å²) in [5, 5.41) is 8.06. The number of esters is 1. The average Bonchev–Trinajstić information content (AvgIpc) is 2.08. The molecule has 0 saturated carbocycles. The van der Waals surface area contributed by atoms with Gasteiger partial charge in [-0.2, -0.15) is 26.3 Å². The highest BCUT2D eigenvalue weighted by molar-refractivity contribution is 5.75. The van der Waals surface area contributed by atoms with E-state index in [1.807, 2.05) is 0 Å². The molecule has 0 rings (SSSR count). The van der Waals surface area contributed by atoms with E-state index in [1.165, 1.54) is 0 Å². The second kappa shape index (κ2) is 6.05. The molecular weight excluding hydrogens is 262 g/mol. The zero-order valence-corrected chi connectivity index (χ0v) is 8.14. The molecule has 1 unspecified atom stereocenters. The van der Waals surface area contributed by atoms with Crippen LogP contribution in [0.2, 0.25) is 0 Å². The van der Waals surface area contributed by atoms with Gasteiger partial charge in [0.15, 0.2) is 6.79 Å². The quantitative estimate of drug-likeness (QED) is 0.466. The zero-order valence-electron chi connectivity index (χ0n) is 8.14. The minimum Gasteiger partial charge on any atom is -0.437 e. The topological polar surface area (TPSA) is 55.8 Å². The van der Waals surface area contributed by atoms with E-state index in [-0.39, 0.29) is 0 Å². The van der Waals surface area contributed by atoms with Crippen molar-refractivity contribution in [2.24, 2.45) is 0 Å². The molecule has 1 N–H and O–H groups in total. The molecule has 0 aliphatic rings. The molecule has 0 aliphatic heterocycles. The second-order valence-corrected chi connectivity index (χ2v) is 2.75. The van der Waals surface area contributed by atoms with Gasteiger partial charge in [-0.15, -0.1) is 0 Å². The number of halogens is 6. The van der Waals surface area contributed by atoms with Crippen LogP contribution in [0.4, 0.5) is 26.3 Å². The van der Waals surface area contributed by atoms with Crippen LogP contribution in [-0.4, -0.2) is 42.9 Å². The monoisotopic (exact) mass is 270 g/mol. The number of rotatable bonds is 5. The lowest BCUT2D eigenvalue weighted by molar-refractivity contribution is -0.239. The van der Waals surface area contributed by atoms with Crippen LogP contribution < -0.4 is 0 Å². The number of carbonyl (C=O) groups excluding carboxylic acids is 1. The van der Waals surface area contributed by atoms with E-state index in [0.29, 0.717) is 0 Å². The maximum atomic E-state index is 12.1. The number of hydrogen-bond acceptors (Lipinski definition) is 4. The molecule has 1 atom stereocenters. The molecule has 0 amide bonds. The minimum absolute atomic E-state index is 1.33. The SMILES string of the molecule is O=C(OCO)C(OCCC(F)(F)F)C(F)(F)F. The molecule has 0 heterocycles. The first-order chi connectivity index (χ1) is 7.58. The van der Waals surface area contributed by atoms with Gasteiger partial charge in [-0.05, 0) is 0 Å². The molecular formula is C7H8F6O4. The summed E-state index contributed by atoms with van der Waals surface area (Å²) < 4.78 is 78.6. The predicted octanol–water partition coefficient (Wildman–Crippen LogP) is 1.38. The Morgan fingerprint density at radius 3 is 2.06 bits per heavy atom. The van der Waals surface area contributed by atoms with Crippen molar-refractivity contribution in [3.63, 3.8) is 0 Å². The van der Waals surface area contributed by atoms with Gasteiger partial charge in [0.2, 0.25) is 0 Å². The summed E-state index contributed by atoms with van der Waals surface area (Å²) in [4.78, 5) is 10.6. The smallest absolute Gasteiger partial charge is 0.425 e. The Kier molecular flexibility index (Phi) is 5.69. The Bertz CT molecular complexity index is 248. The molecule has 0 radical (unpaired) electrons. The lowest BCUT2D eigenvalue weighted by Crippen LogP contribution is -2.41. The summed E-state index contributed by atoms with van der Waals surface area (Å²) >= 11 is 0. The molecule has 0 saturated heterocycles. The van der Waals surface area contributed by atoms with Crippen LogP contribution in [0.5, 0.6) is 0 Å². The summed E-state index contributed by atoms with van der Waals surface area (Å²) in [6.45, 7) is -2.66. The van der Waals surface area contributed by atoms with E-state index in [4.69, 9.17) is 5.11 Å². The maximum Gasteiger partial charge on any atom is 0.425 e. The highest BCUT2D eigenvalue weighted by Crippen LogP contribution is 2.26. The molecule has 17 heavy (non-hydrogen) atoms. The summed E-state index contributed by atoms with van der Waals surface area (Å²) in [6, 6.07) is 0. The van der Waals surface area contributed by atoms with E-state index >= 15 is 0 Å². The van der Waals surface area contributed by atoms with Crippen molar-refractivity contribution in [3.8, 4) is 0 Å². The summed E-state index contributed by atoms with van der Waals surface area (Å²) in [5.41, 5.74) is 0. The van der Waals surface area contributed by atoms with Gasteiger partial charge < -0.3 is 14.6 Å². The van der Waals surface area contributed by atoms with Crippen LogP contribution in [0, 0.1) is 0 Å². The Hall–Kier alpha value is -1.03. The first-order valence-electron chi connectivity index (χ1n) is 4.10. The number of alkyl halides is 6. The van der Waals surface area contributed by atoms with Crippen LogP contribution in [-0.2, 0) is 14.3 Å². The Morgan fingerprint density at radius 2 is 1.71 bits per heavy atom. The third kappa shape index (κ3) is 7.00. The maximum absolute atomic E-state index is 12.1. The van der Waals surface area contributed by atoms with E-state index in [1.54, 1.807) is 0 Å². The molecule has 10 heteroatoms. The highest BCUT2D eigenvalue weighted by Gasteiger charge is 2.47. The number of aliphatic hydroxyl groups is 1. The number of ether oxygens (including phenoxy) is 2. The highest BCUT2D eigenvalue weighted by atomic mass is 19.4. The van der Waals surface area contributed by atoms with Gasteiger partial charge in [0, 0.05) is 0 Å². The fourth-order valence-corrected chi connectivity index (χ4v) is 0.728. The molecule has 0 bridgehead atoms. The van der Waals surface area contributed by atoms with Gasteiger partial charge in [-0.3, -0.25) is 0 Å². The average molecular weight is 270 g/mol. The minimum atomic E-state index is -5.21. The van der Waals surface area contributed by atoms with Crippen LogP contribution >= 0.6 is 0 Å². The third-order valence-corrected chi connectivity index (χ3v) is 1.39. The molecule has 0 spiro atoms. The fraction of sp³-hybridized carbons (Fsp3) is 0.857. The molecule has 0 aliphatic carbocycles. The van der Waals surface area contributed by atoms with Gasteiger partial charge >= 0.3 is 18.3 Å². The van der Waals surface area contributed by atoms with Crippen molar-refractivity contribution in [1.82, 2.24) is 0 Å². The fourth-order valence-electron chi connectivity index (χ4n) is 0.728. The molecule has 102 valence electrons. The lowest BCUT2D eigenvalue weighted by Gasteiger charge is -2.19. The van der Waals surface area contributed by atoms with E-state index < -0.39 is 44.2 Å². The first-order valence-corrected chi connectivity index (χ1v) is 4.10. The number of carbonyl (C=O) groups is 1. The van der Waals surface area contributed by atoms with Crippen LogP contribution in [0.3, 0.4) is 0 Å². The Labute approximate surface area is 91.1 Å². The van der Waals surface area contributed by atoms with Crippen molar-refractivity contribution in [3.05, 3.63) is 0 Å². The molecule has 4 nitrogen and oxygen atoms in total. The Balaban J connectivity index is 4.37. The first kappa shape index (κ1) is 16.0. The van der Waals surface area contributed by atoms with Gasteiger partial charge in [-0.25, -0.2) is 4.79 Å². The van der Waals surface area contributed by atoms with Crippen molar-refractivity contribution in [1.29, 1.82) is 0 Å². The third-order valence-electron chi connectivity index (χ3n) is 1.39. The molecule has 0 fully saturated rings. The zero-order chi connectivity index (χ0) is 13.7. The van der Waals surface area contributed by atoms with Gasteiger partial charge in [0.25, 0.3) is 6.10 Å². The van der Waals surface area contributed by atoms with Crippen molar-refractivity contribution >= 4 is 5.97 Å². The van der Waals surface area contributed by atoms with Crippen LogP contribution in [0.25, 0.3) is 0 Å². The number of hydrogen-bond donors (Lipinski definition) is 1. The Morgan fingerprint density at radius 1 is 1.18 bits per heavy atom. The molecule has 0 aromatic rings. The van der Waals surface area contributed by atoms with Gasteiger partial charge in [0.1, 0.15) is 0 Å². The van der Waals surface area contributed by atoms with Crippen molar-refractivity contribution in [2.75, 3.05) is 13.4 Å². The van der Waals surface area contributed by atoms with E-state index in [0.717, 1.165) is 0 Å². The van der Waals surface area contributed by atoms with Crippen molar-refractivity contribution < 1.29 is 45.7 Å². The predicted molar refractivity (Wildman–Crippen MR) is 39.6 cm³/mol. The van der Waals surface area contributed by atoms with E-state index in [2.05, 4.69) is 9.47 Å². The summed E-state index contributed by atoms with van der Waals surface area (Å²) in [7, 11) is 0. The van der Waals surface area contributed by atoms with Crippen molar-refractivity contribution in [2.45, 2.75) is 24.9 Å². The van der Waals surface area contributed by atoms with Gasteiger partial charge in [-0.1, -0.05) is 0 Å². The van der Waals surface area contributed by atoms with Crippen LogP contribution in [0.15, 0.2) is 0 Å². The molecule has 0 aromatic carbocycles. The molecule has 0 aromatic heterocycles. The standard InChI is InChI=1S/C7H8F6O4/c8-6(9,10)1-2-16-4(7(11,12)13)5(15)17-3-14/h4,14H,1-3H2. The summed E-state index contributed by atoms with van der Waals surface area (Å²) in [5.74, 6) is -2.00. The van der Waals surface area contributed by atoms with E-state index in [9.17, 15) is 31.1 Å². The summed E-state index contributed by atoms with van der Waals surface area (Å²) in [6.07, 6.45) is -14.7. The second-order valence-electron chi connectivity index (χ2n) is 2.75. The number of aliphatic hydroxyl groups excluding tert-OH is 1. The van der Waals surface area contributed by atoms with Gasteiger partial charge in [0.05, 0.1) is 13.0 Å². The normalized spacial score (nSPS) is 14.5. The van der Waals surface area contributed by atoms with Crippen LogP contribution in [0.1, 0.15) is 6.42 Å².